The van der Waals surface area contributed by atoms with Gasteiger partial charge in [-0.2, -0.15) is 0 Å². The van der Waals surface area contributed by atoms with Crippen LogP contribution in [0.5, 0.6) is 0 Å². The van der Waals surface area contributed by atoms with Gasteiger partial charge in [-0.3, -0.25) is 0 Å². The molecule has 8 aromatic rings. The van der Waals surface area contributed by atoms with Gasteiger partial charge in [0.2, 0.25) is 0 Å². The van der Waals surface area contributed by atoms with Crippen molar-refractivity contribution in [3.8, 4) is 55.6 Å². The van der Waals surface area contributed by atoms with Gasteiger partial charge in [0.15, 0.2) is 0 Å². The predicted molar refractivity (Wildman–Crippen MR) is 220 cm³/mol. The minimum Gasteiger partial charge on any atom is -0.311 e. The highest BCUT2D eigenvalue weighted by molar-refractivity contribution is 5.98. The van der Waals surface area contributed by atoms with E-state index in [1.165, 1.54) is 66.8 Å². The molecule has 1 aliphatic carbocycles. The SMILES string of the molecule is CC1(C)c2cc(-c3ccc(N(c4ccccc4)c4ccc(-c5ccccc5)cc4)cc3)c(-c3ccccc3)cc2-c2c(-c3ccccc3)cccc21. The summed E-state index contributed by atoms with van der Waals surface area (Å²) in [4.78, 5) is 2.34. The lowest BCUT2D eigenvalue weighted by Crippen LogP contribution is -2.15. The number of anilines is 3. The first-order valence-corrected chi connectivity index (χ1v) is 18.1. The van der Waals surface area contributed by atoms with Crippen molar-refractivity contribution in [1.82, 2.24) is 0 Å². The molecule has 0 spiro atoms. The number of rotatable bonds is 7. The van der Waals surface area contributed by atoms with E-state index in [9.17, 15) is 0 Å². The molecule has 1 nitrogen and oxygen atoms in total. The number of fused-ring (bicyclic) bond motifs is 3. The minimum absolute atomic E-state index is 0.143. The molecule has 0 amide bonds. The Morgan fingerprint density at radius 3 is 1.31 bits per heavy atom. The van der Waals surface area contributed by atoms with Crippen LogP contribution in [0, 0.1) is 0 Å². The Balaban J connectivity index is 1.17. The number of nitrogens with zero attached hydrogens (tertiary/aromatic N) is 1. The van der Waals surface area contributed by atoms with Crippen molar-refractivity contribution in [3.05, 3.63) is 211 Å². The summed E-state index contributed by atoms with van der Waals surface area (Å²) < 4.78 is 0. The fourth-order valence-corrected chi connectivity index (χ4v) is 8.03. The molecule has 0 unspecified atom stereocenters. The molecule has 0 atom stereocenters. The first-order valence-electron chi connectivity index (χ1n) is 18.1. The van der Waals surface area contributed by atoms with Crippen LogP contribution in [-0.2, 0) is 5.41 Å². The third-order valence-electron chi connectivity index (χ3n) is 10.7. The smallest absolute Gasteiger partial charge is 0.0462 e. The van der Waals surface area contributed by atoms with Crippen molar-refractivity contribution in [1.29, 1.82) is 0 Å². The van der Waals surface area contributed by atoms with Crippen LogP contribution in [0.2, 0.25) is 0 Å². The third kappa shape index (κ3) is 5.52. The van der Waals surface area contributed by atoms with Gasteiger partial charge in [0.25, 0.3) is 0 Å². The van der Waals surface area contributed by atoms with Crippen LogP contribution in [-0.4, -0.2) is 0 Å². The fourth-order valence-electron chi connectivity index (χ4n) is 8.03. The van der Waals surface area contributed by atoms with Crippen molar-refractivity contribution >= 4 is 17.1 Å². The molecule has 0 saturated heterocycles. The summed E-state index contributed by atoms with van der Waals surface area (Å²) in [5.41, 5.74) is 18.5. The normalized spacial score (nSPS) is 12.6. The zero-order valence-corrected chi connectivity index (χ0v) is 29.5. The summed E-state index contributed by atoms with van der Waals surface area (Å²) in [6.07, 6.45) is 0. The first kappa shape index (κ1) is 31.5. The highest BCUT2D eigenvalue weighted by atomic mass is 15.1. The summed E-state index contributed by atoms with van der Waals surface area (Å²) >= 11 is 0. The first-order chi connectivity index (χ1) is 25.6. The number of hydrogen-bond donors (Lipinski definition) is 0. The van der Waals surface area contributed by atoms with Crippen LogP contribution in [0.15, 0.2) is 200 Å². The van der Waals surface area contributed by atoms with E-state index < -0.39 is 0 Å². The molecule has 0 heterocycles. The monoisotopic (exact) mass is 665 g/mol. The Morgan fingerprint density at radius 1 is 0.308 bits per heavy atom. The number of benzene rings is 8. The second-order valence-corrected chi connectivity index (χ2v) is 14.2. The second kappa shape index (κ2) is 13.0. The molecular weight excluding hydrogens is 627 g/mol. The molecule has 0 fully saturated rings. The third-order valence-corrected chi connectivity index (χ3v) is 10.7. The molecule has 0 bridgehead atoms. The number of hydrogen-bond acceptors (Lipinski definition) is 1. The van der Waals surface area contributed by atoms with E-state index in [-0.39, 0.29) is 5.41 Å². The van der Waals surface area contributed by atoms with Crippen LogP contribution >= 0.6 is 0 Å². The van der Waals surface area contributed by atoms with Crippen LogP contribution < -0.4 is 4.90 Å². The maximum absolute atomic E-state index is 2.47. The van der Waals surface area contributed by atoms with Crippen LogP contribution in [0.25, 0.3) is 55.6 Å². The predicted octanol–water partition coefficient (Wildman–Crippen LogP) is 14.1. The van der Waals surface area contributed by atoms with Gasteiger partial charge in [0.1, 0.15) is 0 Å². The van der Waals surface area contributed by atoms with Gasteiger partial charge < -0.3 is 4.90 Å². The van der Waals surface area contributed by atoms with E-state index in [0.29, 0.717) is 0 Å². The van der Waals surface area contributed by atoms with Gasteiger partial charge in [-0.1, -0.05) is 166 Å². The molecule has 0 aliphatic heterocycles. The lowest BCUT2D eigenvalue weighted by Gasteiger charge is -2.26. The average molecular weight is 666 g/mol. The molecule has 52 heavy (non-hydrogen) atoms. The molecule has 8 aromatic carbocycles. The summed E-state index contributed by atoms with van der Waals surface area (Å²) in [5, 5.41) is 0. The van der Waals surface area contributed by atoms with Crippen LogP contribution in [0.3, 0.4) is 0 Å². The lowest BCUT2D eigenvalue weighted by molar-refractivity contribution is 0.661. The molecule has 0 N–H and O–H groups in total. The van der Waals surface area contributed by atoms with E-state index in [4.69, 9.17) is 0 Å². The minimum atomic E-state index is -0.143. The molecule has 1 heteroatoms. The summed E-state index contributed by atoms with van der Waals surface area (Å²) in [5.74, 6) is 0. The van der Waals surface area contributed by atoms with E-state index in [1.54, 1.807) is 0 Å². The average Bonchev–Trinajstić information content (AvgIpc) is 3.44. The summed E-state index contributed by atoms with van der Waals surface area (Å²) in [7, 11) is 0. The molecule has 248 valence electrons. The molecule has 1 aliphatic rings. The van der Waals surface area contributed by atoms with Crippen molar-refractivity contribution in [2.24, 2.45) is 0 Å². The Hall–Kier alpha value is -6.44. The van der Waals surface area contributed by atoms with E-state index in [0.717, 1.165) is 17.1 Å². The van der Waals surface area contributed by atoms with Crippen LogP contribution in [0.1, 0.15) is 25.0 Å². The van der Waals surface area contributed by atoms with Crippen molar-refractivity contribution in [3.63, 3.8) is 0 Å². The van der Waals surface area contributed by atoms with Gasteiger partial charge in [-0.05, 0) is 115 Å². The fraction of sp³-hybridized carbons (Fsp3) is 0.0588. The maximum Gasteiger partial charge on any atom is 0.0462 e. The zero-order valence-electron chi connectivity index (χ0n) is 29.5. The maximum atomic E-state index is 2.47. The largest absolute Gasteiger partial charge is 0.311 e. The Morgan fingerprint density at radius 2 is 0.731 bits per heavy atom. The van der Waals surface area contributed by atoms with Gasteiger partial charge in [0, 0.05) is 22.5 Å². The van der Waals surface area contributed by atoms with Gasteiger partial charge in [-0.25, -0.2) is 0 Å². The molecule has 9 rings (SSSR count). The quantitative estimate of drug-likeness (QED) is 0.164. The summed E-state index contributed by atoms with van der Waals surface area (Å²) in [6.45, 7) is 4.75. The molecular formula is C51H39N. The van der Waals surface area contributed by atoms with Crippen molar-refractivity contribution in [2.75, 3.05) is 4.90 Å². The standard InChI is InChI=1S/C51H39N/c1-51(2)48-25-15-24-44(38-18-9-4-10-19-38)50(48)47-34-45(39-20-11-5-12-21-39)46(35-49(47)51)40-28-32-43(33-29-40)52(41-22-13-6-14-23-41)42-30-26-37(27-31-42)36-16-7-3-8-17-36/h3-35H,1-2H3. The highest BCUT2D eigenvalue weighted by Crippen LogP contribution is 2.54. The van der Waals surface area contributed by atoms with E-state index >= 15 is 0 Å². The van der Waals surface area contributed by atoms with Gasteiger partial charge >= 0.3 is 0 Å². The van der Waals surface area contributed by atoms with Gasteiger partial charge in [-0.15, -0.1) is 0 Å². The Labute approximate surface area is 307 Å². The van der Waals surface area contributed by atoms with E-state index in [2.05, 4.69) is 219 Å². The molecule has 0 radical (unpaired) electrons. The Bertz CT molecular complexity index is 2480. The van der Waals surface area contributed by atoms with Crippen LogP contribution in [0.4, 0.5) is 17.1 Å². The van der Waals surface area contributed by atoms with Crippen molar-refractivity contribution < 1.29 is 0 Å². The zero-order chi connectivity index (χ0) is 35.1. The summed E-state index contributed by atoms with van der Waals surface area (Å²) in [6, 6.07) is 72.6. The second-order valence-electron chi connectivity index (χ2n) is 14.2. The lowest BCUT2D eigenvalue weighted by atomic mass is 9.80. The van der Waals surface area contributed by atoms with E-state index in [1.807, 2.05) is 0 Å². The molecule has 0 saturated carbocycles. The number of para-hydroxylation sites is 1. The molecule has 0 aromatic heterocycles. The van der Waals surface area contributed by atoms with Gasteiger partial charge in [0.05, 0.1) is 0 Å². The topological polar surface area (TPSA) is 3.24 Å². The highest BCUT2D eigenvalue weighted by Gasteiger charge is 2.38. The Kier molecular flexibility index (Phi) is 7.90. The van der Waals surface area contributed by atoms with Crippen molar-refractivity contribution in [2.45, 2.75) is 19.3 Å².